The van der Waals surface area contributed by atoms with Crippen LogP contribution in [0.4, 0.5) is 0 Å². The Morgan fingerprint density at radius 3 is 2.26 bits per heavy atom. The zero-order valence-electron chi connectivity index (χ0n) is 24.5. The number of benzene rings is 3. The van der Waals surface area contributed by atoms with Gasteiger partial charge in [0.1, 0.15) is 11.8 Å². The van der Waals surface area contributed by atoms with Gasteiger partial charge in [-0.2, -0.15) is 0 Å². The van der Waals surface area contributed by atoms with E-state index in [0.29, 0.717) is 27.8 Å². The number of hydrogen-bond donors (Lipinski definition) is 1. The smallest absolute Gasteiger partial charge is 0.261 e. The highest BCUT2D eigenvalue weighted by molar-refractivity contribution is 9.10. The maximum absolute atomic E-state index is 14.0. The van der Waals surface area contributed by atoms with E-state index in [-0.39, 0.29) is 36.4 Å². The third-order valence-corrected chi connectivity index (χ3v) is 9.09. The molecule has 0 spiro atoms. The lowest BCUT2D eigenvalue weighted by molar-refractivity contribution is -0.143. The van der Waals surface area contributed by atoms with E-state index in [4.69, 9.17) is 27.9 Å². The molecule has 1 N–H and O–H groups in total. The highest BCUT2D eigenvalue weighted by Gasteiger charge is 2.33. The number of carbonyl (C=O) groups excluding carboxylic acids is 2. The Morgan fingerprint density at radius 1 is 0.976 bits per heavy atom. The summed E-state index contributed by atoms with van der Waals surface area (Å²) in [5.41, 5.74) is 2.66. The van der Waals surface area contributed by atoms with E-state index < -0.39 is 6.04 Å². The molecule has 3 aromatic carbocycles. The number of nitrogens with one attached hydrogen (secondary N) is 1. The van der Waals surface area contributed by atoms with Crippen molar-refractivity contribution in [3.8, 4) is 5.75 Å². The predicted molar refractivity (Wildman–Crippen MR) is 174 cm³/mol. The molecule has 0 radical (unpaired) electrons. The zero-order valence-corrected chi connectivity index (χ0v) is 27.6. The van der Waals surface area contributed by atoms with Crippen LogP contribution in [0, 0.1) is 0 Å². The Balaban J connectivity index is 1.65. The molecule has 1 aliphatic carbocycles. The fourth-order valence-corrected chi connectivity index (χ4v) is 6.27. The van der Waals surface area contributed by atoms with Crippen LogP contribution >= 0.6 is 39.1 Å². The van der Waals surface area contributed by atoms with Gasteiger partial charge in [-0.15, -0.1) is 0 Å². The molecule has 0 unspecified atom stereocenters. The lowest BCUT2D eigenvalue weighted by Crippen LogP contribution is -2.53. The molecule has 3 aromatic rings. The van der Waals surface area contributed by atoms with Crippen molar-refractivity contribution in [3.05, 3.63) is 97.9 Å². The van der Waals surface area contributed by atoms with Crippen LogP contribution in [0.3, 0.4) is 0 Å². The molecule has 0 bridgehead atoms. The van der Waals surface area contributed by atoms with Crippen LogP contribution in [0.15, 0.2) is 71.2 Å². The number of halogens is 3. The molecular weight excluding hydrogens is 635 g/mol. The summed E-state index contributed by atoms with van der Waals surface area (Å²) in [5, 5.41) is 4.12. The van der Waals surface area contributed by atoms with Gasteiger partial charge in [-0.25, -0.2) is 0 Å². The molecule has 1 fully saturated rings. The Bertz CT molecular complexity index is 1350. The van der Waals surface area contributed by atoms with Crippen LogP contribution < -0.4 is 10.1 Å². The molecule has 0 aromatic heterocycles. The van der Waals surface area contributed by atoms with E-state index in [1.165, 1.54) is 6.42 Å². The van der Waals surface area contributed by atoms with Crippen LogP contribution in [0.25, 0.3) is 0 Å². The monoisotopic (exact) mass is 672 g/mol. The topological polar surface area (TPSA) is 58.6 Å². The van der Waals surface area contributed by atoms with Crippen molar-refractivity contribution in [2.24, 2.45) is 0 Å². The molecule has 0 heterocycles. The van der Waals surface area contributed by atoms with Crippen molar-refractivity contribution in [3.63, 3.8) is 0 Å². The van der Waals surface area contributed by atoms with Gasteiger partial charge >= 0.3 is 0 Å². The van der Waals surface area contributed by atoms with Gasteiger partial charge in [0, 0.05) is 34.6 Å². The summed E-state index contributed by atoms with van der Waals surface area (Å²) in [7, 11) is 0. The molecule has 5 nitrogen and oxygen atoms in total. The second kappa shape index (κ2) is 14.8. The summed E-state index contributed by atoms with van der Waals surface area (Å²) >= 11 is 16.7. The number of hydrogen-bond acceptors (Lipinski definition) is 3. The molecule has 1 atom stereocenters. The standard InChI is InChI=1S/C34H39BrCl2N2O3/c1-34(2,3)24-17-18-31(27(35)20-24)42-22-32(40)39(21-26-28(36)15-10-16-29(26)37)30(19-23-11-6-4-7-12-23)33(41)38-25-13-8-5-9-14-25/h4,6-7,10-12,15-18,20,25,30H,5,8-9,13-14,19,21-22H2,1-3H3,(H,38,41)/t30-/m1/s1. The predicted octanol–water partition coefficient (Wildman–Crippen LogP) is 8.52. The van der Waals surface area contributed by atoms with Crippen LogP contribution in [0.2, 0.25) is 10.0 Å². The van der Waals surface area contributed by atoms with E-state index in [9.17, 15) is 9.59 Å². The molecule has 1 saturated carbocycles. The Kier molecular flexibility index (Phi) is 11.4. The largest absolute Gasteiger partial charge is 0.483 e. The zero-order chi connectivity index (χ0) is 30.3. The molecule has 2 amide bonds. The van der Waals surface area contributed by atoms with E-state index in [1.807, 2.05) is 48.5 Å². The molecule has 4 rings (SSSR count). The summed E-state index contributed by atoms with van der Waals surface area (Å²) in [5.74, 6) is 0.0360. The van der Waals surface area contributed by atoms with Crippen LogP contribution in [0.5, 0.6) is 5.75 Å². The van der Waals surface area contributed by atoms with Gasteiger partial charge < -0.3 is 15.0 Å². The lowest BCUT2D eigenvalue weighted by atomic mass is 9.87. The van der Waals surface area contributed by atoms with E-state index in [2.05, 4.69) is 42.0 Å². The van der Waals surface area contributed by atoms with Crippen molar-refractivity contribution < 1.29 is 14.3 Å². The number of carbonyl (C=O) groups is 2. The molecule has 8 heteroatoms. The number of amides is 2. The second-order valence-electron chi connectivity index (χ2n) is 12.0. The maximum Gasteiger partial charge on any atom is 0.261 e. The van der Waals surface area contributed by atoms with E-state index in [0.717, 1.165) is 41.3 Å². The summed E-state index contributed by atoms with van der Waals surface area (Å²) < 4.78 is 6.80. The average molecular weight is 675 g/mol. The Morgan fingerprint density at radius 2 is 1.64 bits per heavy atom. The lowest BCUT2D eigenvalue weighted by Gasteiger charge is -2.34. The van der Waals surface area contributed by atoms with Crippen molar-refractivity contribution in [2.75, 3.05) is 6.61 Å². The highest BCUT2D eigenvalue weighted by Crippen LogP contribution is 2.32. The highest BCUT2D eigenvalue weighted by atomic mass is 79.9. The van der Waals surface area contributed by atoms with Crippen molar-refractivity contribution in [1.29, 1.82) is 0 Å². The molecule has 0 aliphatic heterocycles. The molecular formula is C34H39BrCl2N2O3. The van der Waals surface area contributed by atoms with Gasteiger partial charge in [0.05, 0.1) is 4.47 Å². The van der Waals surface area contributed by atoms with Crippen molar-refractivity contribution in [1.82, 2.24) is 10.2 Å². The Labute approximate surface area is 268 Å². The first-order valence-electron chi connectivity index (χ1n) is 14.5. The molecule has 42 heavy (non-hydrogen) atoms. The maximum atomic E-state index is 14.0. The van der Waals surface area contributed by atoms with Gasteiger partial charge in [-0.05, 0) is 69.6 Å². The summed E-state index contributed by atoms with van der Waals surface area (Å²) in [4.78, 5) is 29.6. The fraction of sp³-hybridized carbons (Fsp3) is 0.412. The summed E-state index contributed by atoms with van der Waals surface area (Å²) in [6.07, 6.45) is 5.58. The Hall–Kier alpha value is -2.54. The van der Waals surface area contributed by atoms with E-state index >= 15 is 0 Å². The quantitative estimate of drug-likeness (QED) is 0.235. The van der Waals surface area contributed by atoms with E-state index in [1.54, 1.807) is 23.1 Å². The van der Waals surface area contributed by atoms with Crippen LogP contribution in [0.1, 0.15) is 69.6 Å². The van der Waals surface area contributed by atoms with Gasteiger partial charge in [0.25, 0.3) is 5.91 Å². The minimum Gasteiger partial charge on any atom is -0.483 e. The normalized spacial score (nSPS) is 14.7. The number of ether oxygens (including phenoxy) is 1. The molecule has 1 aliphatic rings. The first kappa shape index (κ1) is 32.4. The molecule has 0 saturated heterocycles. The van der Waals surface area contributed by atoms with Crippen molar-refractivity contribution in [2.45, 2.75) is 83.3 Å². The number of rotatable bonds is 10. The van der Waals surface area contributed by atoms with Crippen molar-refractivity contribution >= 4 is 50.9 Å². The minimum atomic E-state index is -0.788. The first-order chi connectivity index (χ1) is 20.0. The third kappa shape index (κ3) is 8.75. The molecule has 224 valence electrons. The second-order valence-corrected chi connectivity index (χ2v) is 13.6. The van der Waals surface area contributed by atoms with Gasteiger partial charge in [-0.3, -0.25) is 9.59 Å². The summed E-state index contributed by atoms with van der Waals surface area (Å²) in [6, 6.07) is 20.2. The van der Waals surface area contributed by atoms with Gasteiger partial charge in [-0.1, -0.05) is 106 Å². The summed E-state index contributed by atoms with van der Waals surface area (Å²) in [6.45, 7) is 6.24. The third-order valence-electron chi connectivity index (χ3n) is 7.76. The number of nitrogens with zero attached hydrogens (tertiary/aromatic N) is 1. The fourth-order valence-electron chi connectivity index (χ4n) is 5.26. The minimum absolute atomic E-state index is 0.0295. The average Bonchev–Trinajstić information content (AvgIpc) is 2.96. The first-order valence-corrected chi connectivity index (χ1v) is 16.1. The SMILES string of the molecule is CC(C)(C)c1ccc(OCC(=O)N(Cc2c(Cl)cccc2Cl)[C@H](Cc2ccccc2)C(=O)NC2CCCCC2)c(Br)c1. The van der Waals surface area contributed by atoms with Gasteiger partial charge in [0.2, 0.25) is 5.91 Å². The van der Waals surface area contributed by atoms with Crippen LogP contribution in [-0.4, -0.2) is 35.4 Å². The van der Waals surface area contributed by atoms with Crippen LogP contribution in [-0.2, 0) is 28.0 Å². The van der Waals surface area contributed by atoms with Gasteiger partial charge in [0.15, 0.2) is 6.61 Å².